The summed E-state index contributed by atoms with van der Waals surface area (Å²) in [4.78, 5) is 18.5. The maximum Gasteiger partial charge on any atom is 0.227 e. The van der Waals surface area contributed by atoms with Gasteiger partial charge in [0.05, 0.1) is 5.70 Å². The first kappa shape index (κ1) is 9.40. The third-order valence-corrected chi connectivity index (χ3v) is 4.23. The summed E-state index contributed by atoms with van der Waals surface area (Å²) in [6, 6.07) is 0. The van der Waals surface area contributed by atoms with E-state index in [1.807, 2.05) is 4.90 Å². The van der Waals surface area contributed by atoms with Crippen molar-refractivity contribution in [1.29, 1.82) is 0 Å². The average Bonchev–Trinajstić information content (AvgIpc) is 2.90. The van der Waals surface area contributed by atoms with Gasteiger partial charge in [-0.15, -0.1) is 0 Å². The van der Waals surface area contributed by atoms with Gasteiger partial charge >= 0.3 is 0 Å². The third kappa shape index (κ3) is 1.17. The predicted molar refractivity (Wildman–Crippen MR) is 65.3 cm³/mol. The van der Waals surface area contributed by atoms with Crippen LogP contribution in [0.3, 0.4) is 0 Å². The van der Waals surface area contributed by atoms with Crippen molar-refractivity contribution in [2.24, 2.45) is 16.8 Å². The van der Waals surface area contributed by atoms with Gasteiger partial charge in [-0.05, 0) is 18.9 Å². The highest BCUT2D eigenvalue weighted by Gasteiger charge is 2.42. The van der Waals surface area contributed by atoms with Crippen molar-refractivity contribution < 1.29 is 4.79 Å². The molecule has 17 heavy (non-hydrogen) atoms. The second-order valence-corrected chi connectivity index (χ2v) is 5.08. The van der Waals surface area contributed by atoms with Crippen LogP contribution in [0.2, 0.25) is 0 Å². The monoisotopic (exact) mass is 226 g/mol. The molecule has 3 heteroatoms. The van der Waals surface area contributed by atoms with E-state index in [2.05, 4.69) is 24.3 Å². The van der Waals surface area contributed by atoms with Crippen LogP contribution in [0.25, 0.3) is 0 Å². The normalized spacial score (nSPS) is 33.8. The van der Waals surface area contributed by atoms with E-state index in [1.54, 1.807) is 0 Å². The lowest BCUT2D eigenvalue weighted by atomic mass is 9.82. The van der Waals surface area contributed by atoms with Gasteiger partial charge in [0, 0.05) is 36.2 Å². The molecular weight excluding hydrogens is 212 g/mol. The first-order valence-electron chi connectivity index (χ1n) is 6.31. The van der Waals surface area contributed by atoms with Crippen LogP contribution >= 0.6 is 0 Å². The van der Waals surface area contributed by atoms with Gasteiger partial charge in [0.1, 0.15) is 0 Å². The number of nitrogens with zero attached hydrogens (tertiary/aromatic N) is 2. The zero-order valence-electron chi connectivity index (χ0n) is 9.60. The van der Waals surface area contributed by atoms with Crippen LogP contribution < -0.4 is 0 Å². The molecule has 1 fully saturated rings. The number of fused-ring (bicyclic) bond motifs is 4. The minimum atomic E-state index is 0.284. The molecule has 1 amide bonds. The lowest BCUT2D eigenvalue weighted by molar-refractivity contribution is -0.127. The lowest BCUT2D eigenvalue weighted by Gasteiger charge is -2.30. The zero-order chi connectivity index (χ0) is 11.4. The van der Waals surface area contributed by atoms with Crippen molar-refractivity contribution in [2.45, 2.75) is 19.3 Å². The second kappa shape index (κ2) is 3.19. The van der Waals surface area contributed by atoms with Gasteiger partial charge in [0.2, 0.25) is 5.91 Å². The molecular formula is C14H14N2O. The van der Waals surface area contributed by atoms with E-state index in [0.717, 1.165) is 19.4 Å². The average molecular weight is 226 g/mol. The minimum Gasteiger partial charge on any atom is -0.314 e. The first-order chi connectivity index (χ1) is 8.34. The summed E-state index contributed by atoms with van der Waals surface area (Å²) in [6.07, 6.45) is 11.1. The largest absolute Gasteiger partial charge is 0.314 e. The van der Waals surface area contributed by atoms with Gasteiger partial charge in [-0.25, -0.2) is 0 Å². The number of allylic oxidation sites excluding steroid dienone is 6. The van der Waals surface area contributed by atoms with E-state index in [4.69, 9.17) is 4.99 Å². The van der Waals surface area contributed by atoms with Crippen molar-refractivity contribution in [3.8, 4) is 0 Å². The molecule has 0 N–H and O–H groups in total. The van der Waals surface area contributed by atoms with E-state index < -0.39 is 0 Å². The van der Waals surface area contributed by atoms with Crippen molar-refractivity contribution in [3.05, 3.63) is 35.7 Å². The Bertz CT molecular complexity index is 524. The number of aliphatic imine (C=N–C) groups is 1. The van der Waals surface area contributed by atoms with E-state index >= 15 is 0 Å². The molecule has 2 atom stereocenters. The van der Waals surface area contributed by atoms with Crippen molar-refractivity contribution in [3.63, 3.8) is 0 Å². The van der Waals surface area contributed by atoms with Gasteiger partial charge < -0.3 is 4.90 Å². The third-order valence-electron chi connectivity index (χ3n) is 4.23. The Kier molecular flexibility index (Phi) is 1.76. The van der Waals surface area contributed by atoms with Crippen LogP contribution in [0.1, 0.15) is 19.3 Å². The highest BCUT2D eigenvalue weighted by atomic mass is 16.2. The number of carbonyl (C=O) groups excluding carboxylic acids is 1. The Morgan fingerprint density at radius 1 is 1.29 bits per heavy atom. The molecule has 0 aromatic carbocycles. The summed E-state index contributed by atoms with van der Waals surface area (Å²) in [5.41, 5.74) is 3.58. The molecule has 86 valence electrons. The van der Waals surface area contributed by atoms with Gasteiger partial charge in [-0.3, -0.25) is 9.79 Å². The molecule has 3 aliphatic heterocycles. The Morgan fingerprint density at radius 3 is 3.18 bits per heavy atom. The van der Waals surface area contributed by atoms with E-state index in [9.17, 15) is 4.79 Å². The van der Waals surface area contributed by atoms with Crippen LogP contribution in [0.4, 0.5) is 0 Å². The molecule has 0 saturated carbocycles. The topological polar surface area (TPSA) is 32.7 Å². The van der Waals surface area contributed by atoms with Crippen molar-refractivity contribution >= 4 is 11.6 Å². The molecule has 0 radical (unpaired) electrons. The molecule has 0 aromatic rings. The molecule has 1 saturated heterocycles. The van der Waals surface area contributed by atoms with E-state index in [-0.39, 0.29) is 5.91 Å². The number of hydrogen-bond acceptors (Lipinski definition) is 2. The molecule has 4 aliphatic rings. The van der Waals surface area contributed by atoms with Crippen LogP contribution in [0, 0.1) is 11.8 Å². The fourth-order valence-corrected chi connectivity index (χ4v) is 3.43. The van der Waals surface area contributed by atoms with E-state index in [1.165, 1.54) is 17.1 Å². The maximum atomic E-state index is 11.7. The van der Waals surface area contributed by atoms with Gasteiger partial charge in [0.25, 0.3) is 0 Å². The summed E-state index contributed by atoms with van der Waals surface area (Å²) in [5, 5.41) is 0. The summed E-state index contributed by atoms with van der Waals surface area (Å²) >= 11 is 0. The van der Waals surface area contributed by atoms with Crippen molar-refractivity contribution in [1.82, 2.24) is 4.90 Å². The number of carbonyl (C=O) groups is 1. The Balaban J connectivity index is 1.84. The van der Waals surface area contributed by atoms with E-state index in [0.29, 0.717) is 18.3 Å². The van der Waals surface area contributed by atoms with Crippen LogP contribution in [0.5, 0.6) is 0 Å². The standard InChI is InChI=1S/C14H14N2O/c17-13-6-5-12-14-10(7-8-16(12)13)9-3-1-2-4-11(9)15-14/h1-4,9-10H,5-8H2. The fraction of sp³-hybridized carbons (Fsp3) is 0.429. The number of hydrogen-bond donors (Lipinski definition) is 0. The molecule has 0 bridgehead atoms. The van der Waals surface area contributed by atoms with Gasteiger partial charge in [0.15, 0.2) is 0 Å². The molecule has 4 rings (SSSR count). The molecule has 0 spiro atoms. The summed E-state index contributed by atoms with van der Waals surface area (Å²) in [7, 11) is 0. The molecule has 3 heterocycles. The summed E-state index contributed by atoms with van der Waals surface area (Å²) in [6.45, 7) is 0.888. The number of rotatable bonds is 0. The Morgan fingerprint density at radius 2 is 2.24 bits per heavy atom. The lowest BCUT2D eigenvalue weighted by Crippen LogP contribution is -2.33. The van der Waals surface area contributed by atoms with Gasteiger partial charge in [-0.2, -0.15) is 0 Å². The summed E-state index contributed by atoms with van der Waals surface area (Å²) < 4.78 is 0. The molecule has 1 aliphatic carbocycles. The van der Waals surface area contributed by atoms with Crippen LogP contribution in [-0.2, 0) is 4.79 Å². The highest BCUT2D eigenvalue weighted by molar-refractivity contribution is 6.02. The number of amides is 1. The van der Waals surface area contributed by atoms with Crippen LogP contribution in [0.15, 0.2) is 40.7 Å². The predicted octanol–water partition coefficient (Wildman–Crippen LogP) is 2.04. The highest BCUT2D eigenvalue weighted by Crippen LogP contribution is 2.44. The summed E-state index contributed by atoms with van der Waals surface area (Å²) in [5.74, 6) is 1.26. The fourth-order valence-electron chi connectivity index (χ4n) is 3.43. The SMILES string of the molecule is O=C1CCC2=C3N=C4C=CC=CC4C3CCN12. The maximum absolute atomic E-state index is 11.7. The smallest absolute Gasteiger partial charge is 0.227 e. The van der Waals surface area contributed by atoms with Crippen LogP contribution in [-0.4, -0.2) is 23.1 Å². The minimum absolute atomic E-state index is 0.284. The first-order valence-corrected chi connectivity index (χ1v) is 6.31. The molecule has 2 unspecified atom stereocenters. The quantitative estimate of drug-likeness (QED) is 0.622. The second-order valence-electron chi connectivity index (χ2n) is 5.08. The Labute approximate surface area is 100 Å². The zero-order valence-corrected chi connectivity index (χ0v) is 9.60. The molecule has 3 nitrogen and oxygen atoms in total. The Hall–Kier alpha value is -1.64. The molecule has 0 aromatic heterocycles. The van der Waals surface area contributed by atoms with Gasteiger partial charge in [-0.1, -0.05) is 18.2 Å². The van der Waals surface area contributed by atoms with Crippen molar-refractivity contribution in [2.75, 3.05) is 6.54 Å².